The van der Waals surface area contributed by atoms with Crippen LogP contribution in [-0.2, 0) is 38.5 Å². The summed E-state index contributed by atoms with van der Waals surface area (Å²) in [6.45, 7) is 14.0. The van der Waals surface area contributed by atoms with E-state index >= 15 is 0 Å². The van der Waals surface area contributed by atoms with Crippen molar-refractivity contribution in [3.8, 4) is 0 Å². The third kappa shape index (κ3) is 13.5. The van der Waals surface area contributed by atoms with Crippen molar-refractivity contribution in [1.82, 2.24) is 0 Å². The van der Waals surface area contributed by atoms with Gasteiger partial charge < -0.3 is 0 Å². The Morgan fingerprint density at radius 2 is 0.545 bits per heavy atom. The van der Waals surface area contributed by atoms with Crippen molar-refractivity contribution in [2.24, 2.45) is 0 Å². The van der Waals surface area contributed by atoms with E-state index in [2.05, 4.69) is 71.9 Å². The molecule has 0 fully saturated rings. The molecule has 0 spiro atoms. The SMILES string of the molecule is CCCCCCc1cc2c3cc(CCCCCC)c(CCCCCC)cc3c3c(S)c(CCCCCC)c(CCCCCC)cc3c2cc1CCCCCC. The Balaban J connectivity index is 2.05. The van der Waals surface area contributed by atoms with Gasteiger partial charge in [0.2, 0.25) is 0 Å². The maximum atomic E-state index is 5.65. The highest BCUT2D eigenvalue weighted by atomic mass is 32.1. The Kier molecular flexibility index (Phi) is 21.7. The van der Waals surface area contributed by atoms with Gasteiger partial charge in [-0.05, 0) is 137 Å². The van der Waals surface area contributed by atoms with Crippen LogP contribution in [0.15, 0.2) is 35.2 Å². The maximum Gasteiger partial charge on any atom is 0.0160 e. The van der Waals surface area contributed by atoms with Crippen molar-refractivity contribution in [2.45, 2.75) is 239 Å². The van der Waals surface area contributed by atoms with E-state index in [0.717, 1.165) is 6.42 Å². The fraction of sp³-hybridized carbons (Fsp3) is 0.667. The highest BCUT2D eigenvalue weighted by Crippen LogP contribution is 2.44. The lowest BCUT2D eigenvalue weighted by atomic mass is 9.84. The predicted molar refractivity (Wildman–Crippen MR) is 253 cm³/mol. The molecule has 0 aliphatic rings. The van der Waals surface area contributed by atoms with E-state index in [0.29, 0.717) is 0 Å². The molecule has 0 radical (unpaired) electrons. The summed E-state index contributed by atoms with van der Waals surface area (Å²) in [7, 11) is 0. The molecule has 0 unspecified atom stereocenters. The van der Waals surface area contributed by atoms with Crippen LogP contribution in [-0.4, -0.2) is 0 Å². The van der Waals surface area contributed by atoms with Crippen molar-refractivity contribution < 1.29 is 0 Å². The predicted octanol–water partition coefficient (Wildman–Crippen LogP) is 18.2. The van der Waals surface area contributed by atoms with Gasteiger partial charge in [0.05, 0.1) is 0 Å². The van der Waals surface area contributed by atoms with E-state index in [-0.39, 0.29) is 0 Å². The molecule has 0 heterocycles. The number of fused-ring (bicyclic) bond motifs is 6. The number of rotatable bonds is 30. The molecule has 0 aromatic heterocycles. The summed E-state index contributed by atoms with van der Waals surface area (Å²) in [5.74, 6) is 0. The van der Waals surface area contributed by atoms with Crippen molar-refractivity contribution in [3.05, 3.63) is 63.7 Å². The maximum absolute atomic E-state index is 5.65. The fourth-order valence-corrected chi connectivity index (χ4v) is 9.87. The number of thiol groups is 1. The Hall–Kier alpha value is -1.99. The van der Waals surface area contributed by atoms with E-state index in [4.69, 9.17) is 12.6 Å². The van der Waals surface area contributed by atoms with Gasteiger partial charge in [-0.2, -0.15) is 0 Å². The molecular formula is C54H84S. The van der Waals surface area contributed by atoms with Crippen LogP contribution in [0.5, 0.6) is 0 Å². The molecule has 0 aliphatic heterocycles. The van der Waals surface area contributed by atoms with E-state index in [1.54, 1.807) is 33.4 Å². The van der Waals surface area contributed by atoms with Crippen LogP contribution in [0.2, 0.25) is 0 Å². The summed E-state index contributed by atoms with van der Waals surface area (Å²) in [5.41, 5.74) is 9.65. The monoisotopic (exact) mass is 765 g/mol. The lowest BCUT2D eigenvalue weighted by molar-refractivity contribution is 0.648. The van der Waals surface area contributed by atoms with Gasteiger partial charge in [-0.15, -0.1) is 12.6 Å². The summed E-state index contributed by atoms with van der Waals surface area (Å²) >= 11 is 5.65. The zero-order chi connectivity index (χ0) is 39.3. The second-order valence-electron chi connectivity index (χ2n) is 17.5. The van der Waals surface area contributed by atoms with Crippen LogP contribution in [0.1, 0.15) is 229 Å². The van der Waals surface area contributed by atoms with E-state index in [9.17, 15) is 0 Å². The number of unbranched alkanes of at least 4 members (excludes halogenated alkanes) is 18. The molecule has 4 aromatic rings. The molecular weight excluding hydrogens is 681 g/mol. The molecule has 4 aromatic carbocycles. The summed E-state index contributed by atoms with van der Waals surface area (Å²) < 4.78 is 0. The lowest BCUT2D eigenvalue weighted by Crippen LogP contribution is -2.02. The molecule has 0 N–H and O–H groups in total. The molecule has 306 valence electrons. The Morgan fingerprint density at radius 3 is 0.873 bits per heavy atom. The van der Waals surface area contributed by atoms with Gasteiger partial charge in [0, 0.05) is 10.3 Å². The normalized spacial score (nSPS) is 11.9. The van der Waals surface area contributed by atoms with Gasteiger partial charge >= 0.3 is 0 Å². The third-order valence-corrected chi connectivity index (χ3v) is 13.3. The molecule has 0 amide bonds. The first-order valence-electron chi connectivity index (χ1n) is 24.2. The summed E-state index contributed by atoms with van der Waals surface area (Å²) in [6.07, 6.45) is 38.8. The summed E-state index contributed by atoms with van der Waals surface area (Å²) in [4.78, 5) is 1.30. The summed E-state index contributed by atoms with van der Waals surface area (Å²) in [6, 6.07) is 13.5. The standard InChI is InChI=1S/C54H84S/c1-7-13-19-25-31-42-37-48-49-39-44(33-27-21-15-9-3)45(34-28-22-16-10-4)40-51(49)53-52(50(48)38-43(42)32-26-20-14-8-2)41-46(35-29-23-17-11-5)47(54(53)55)36-30-24-18-12-6/h37-41,55H,7-36H2,1-6H3. The molecule has 1 heteroatoms. The molecule has 0 saturated heterocycles. The zero-order valence-corrected chi connectivity index (χ0v) is 37.9. The largest absolute Gasteiger partial charge is 0.142 e. The van der Waals surface area contributed by atoms with Crippen LogP contribution in [0.3, 0.4) is 0 Å². The van der Waals surface area contributed by atoms with Crippen LogP contribution in [0.25, 0.3) is 32.3 Å². The van der Waals surface area contributed by atoms with Crippen LogP contribution >= 0.6 is 12.6 Å². The van der Waals surface area contributed by atoms with Gasteiger partial charge in [0.15, 0.2) is 0 Å². The van der Waals surface area contributed by atoms with Crippen molar-refractivity contribution in [1.29, 1.82) is 0 Å². The molecule has 0 nitrogen and oxygen atoms in total. The topological polar surface area (TPSA) is 0 Å². The van der Waals surface area contributed by atoms with Crippen molar-refractivity contribution in [3.63, 3.8) is 0 Å². The highest BCUT2D eigenvalue weighted by molar-refractivity contribution is 7.80. The van der Waals surface area contributed by atoms with Gasteiger partial charge in [0.25, 0.3) is 0 Å². The number of benzene rings is 4. The molecule has 0 saturated carbocycles. The van der Waals surface area contributed by atoms with Gasteiger partial charge in [-0.1, -0.05) is 187 Å². The van der Waals surface area contributed by atoms with Gasteiger partial charge in [-0.3, -0.25) is 0 Å². The van der Waals surface area contributed by atoms with E-state index < -0.39 is 0 Å². The first-order chi connectivity index (χ1) is 27.0. The van der Waals surface area contributed by atoms with E-state index in [1.165, 1.54) is 223 Å². The average Bonchev–Trinajstić information content (AvgIpc) is 3.19. The van der Waals surface area contributed by atoms with Gasteiger partial charge in [0.1, 0.15) is 0 Å². The fourth-order valence-electron chi connectivity index (χ4n) is 9.38. The molecule has 0 bridgehead atoms. The molecule has 55 heavy (non-hydrogen) atoms. The van der Waals surface area contributed by atoms with Crippen LogP contribution in [0, 0.1) is 0 Å². The number of hydrogen-bond donors (Lipinski definition) is 1. The van der Waals surface area contributed by atoms with Crippen molar-refractivity contribution in [2.75, 3.05) is 0 Å². The Bertz CT molecular complexity index is 1630. The highest BCUT2D eigenvalue weighted by Gasteiger charge is 2.20. The summed E-state index contributed by atoms with van der Waals surface area (Å²) in [5, 5.41) is 8.93. The second kappa shape index (κ2) is 26.1. The average molecular weight is 765 g/mol. The molecule has 0 aliphatic carbocycles. The number of hydrogen-bond acceptors (Lipinski definition) is 1. The Morgan fingerprint density at radius 1 is 0.291 bits per heavy atom. The van der Waals surface area contributed by atoms with E-state index in [1.807, 2.05) is 0 Å². The quantitative estimate of drug-likeness (QED) is 0.0305. The number of aryl methyl sites for hydroxylation is 5. The minimum atomic E-state index is 1.16. The smallest absolute Gasteiger partial charge is 0.0160 e. The van der Waals surface area contributed by atoms with Gasteiger partial charge in [-0.25, -0.2) is 0 Å². The first kappa shape index (κ1) is 45.7. The third-order valence-electron chi connectivity index (χ3n) is 12.8. The second-order valence-corrected chi connectivity index (χ2v) is 17.9. The van der Waals surface area contributed by atoms with Crippen molar-refractivity contribution >= 4 is 44.9 Å². The minimum Gasteiger partial charge on any atom is -0.142 e. The van der Waals surface area contributed by atoms with Crippen LogP contribution < -0.4 is 0 Å². The first-order valence-corrected chi connectivity index (χ1v) is 24.7. The Labute approximate surface area is 346 Å². The lowest BCUT2D eigenvalue weighted by Gasteiger charge is -2.22. The van der Waals surface area contributed by atoms with Crippen LogP contribution in [0.4, 0.5) is 0 Å². The zero-order valence-electron chi connectivity index (χ0n) is 37.0. The minimum absolute atomic E-state index is 1.16. The molecule has 4 rings (SSSR count). The molecule has 0 atom stereocenters.